The van der Waals surface area contributed by atoms with E-state index in [1.807, 2.05) is 0 Å². The molecule has 2 aromatic carbocycles. The van der Waals surface area contributed by atoms with Gasteiger partial charge in [-0.2, -0.15) is 0 Å². The van der Waals surface area contributed by atoms with Crippen LogP contribution in [0.25, 0.3) is 11.6 Å². The largest absolute Gasteiger partial charge is 0.481 e. The van der Waals surface area contributed by atoms with E-state index in [1.165, 1.54) is 42.5 Å². The van der Waals surface area contributed by atoms with Crippen LogP contribution in [-0.4, -0.2) is 67.9 Å². The third-order valence-electron chi connectivity index (χ3n) is 6.69. The molecule has 0 aliphatic heterocycles. The summed E-state index contributed by atoms with van der Waals surface area (Å²) < 4.78 is 31.2. The van der Waals surface area contributed by atoms with Gasteiger partial charge in [-0.25, -0.2) is 23.5 Å². The summed E-state index contributed by atoms with van der Waals surface area (Å²) in [6.45, 7) is 1.08. The van der Waals surface area contributed by atoms with E-state index in [2.05, 4.69) is 20.6 Å². The number of allylic oxidation sites excluding steroid dienone is 6. The first-order valence-corrected chi connectivity index (χ1v) is 15.8. The van der Waals surface area contributed by atoms with Crippen LogP contribution in [0, 0.1) is 11.6 Å². The predicted octanol–water partition coefficient (Wildman–Crippen LogP) is 3.38. The molecule has 16 nitrogen and oxygen atoms in total. The number of rotatable bonds is 13. The average Bonchev–Trinajstić information content (AvgIpc) is 3.90. The molecule has 0 bridgehead atoms. The molecule has 4 aromatic rings. The average molecular weight is 751 g/mol. The van der Waals surface area contributed by atoms with E-state index in [4.69, 9.17) is 32.8 Å². The molecule has 0 spiro atoms. The zero-order valence-electron chi connectivity index (χ0n) is 29.8. The molecule has 0 radical (unpaired) electrons. The maximum Gasteiger partial charge on any atom is 0.337 e. The van der Waals surface area contributed by atoms with E-state index in [9.17, 15) is 28.3 Å². The van der Waals surface area contributed by atoms with Gasteiger partial charge in [0, 0.05) is 51.5 Å². The standard InChI is InChI=1S/C18H20F2N2O2.2C8H10N4O.C2H4O2/c1-21-13-7-6-11(15(19)9-13)4-3-5-12-8-14(18(23)24)17(22-2)10-16(12)20;2*9-7(5-13)1-2-8(10)12-4-3-11-6-12;1-2(3)4/h6-10,21-22H,3-5H2,1-2H3,(H,23,24);2*1-6H,9-10H2;1H3,(H,3,4)/b;2*7-1-,8-2+;. The van der Waals surface area contributed by atoms with Crippen LogP contribution in [0.2, 0.25) is 0 Å². The summed E-state index contributed by atoms with van der Waals surface area (Å²) >= 11 is 0. The minimum absolute atomic E-state index is 0.0263. The monoisotopic (exact) mass is 750 g/mol. The molecule has 18 heteroatoms. The smallest absolute Gasteiger partial charge is 0.337 e. The number of carbonyl (C=O) groups excluding carboxylic acids is 2. The second-order valence-corrected chi connectivity index (χ2v) is 10.7. The number of nitrogens with one attached hydrogen (secondary N) is 2. The van der Waals surface area contributed by atoms with Gasteiger partial charge in [-0.05, 0) is 79.0 Å². The summed E-state index contributed by atoms with van der Waals surface area (Å²) in [5, 5.41) is 22.1. The Morgan fingerprint density at radius 3 is 1.63 bits per heavy atom. The van der Waals surface area contributed by atoms with Crippen LogP contribution in [0.15, 0.2) is 103 Å². The van der Waals surface area contributed by atoms with Crippen LogP contribution in [-0.2, 0) is 27.2 Å². The maximum absolute atomic E-state index is 14.1. The van der Waals surface area contributed by atoms with E-state index < -0.39 is 17.8 Å². The molecule has 12 N–H and O–H groups in total. The molecule has 0 unspecified atom stereocenters. The quantitative estimate of drug-likeness (QED) is 0.0553. The lowest BCUT2D eigenvalue weighted by Crippen LogP contribution is -2.06. The highest BCUT2D eigenvalue weighted by molar-refractivity contribution is 5.94. The first kappa shape index (κ1) is 44.8. The summed E-state index contributed by atoms with van der Waals surface area (Å²) in [4.78, 5) is 48.1. The zero-order chi connectivity index (χ0) is 40.6. The number of aromatic nitrogens is 4. The third kappa shape index (κ3) is 16.6. The Hall–Kier alpha value is -7.24. The topological polar surface area (TPSA) is 273 Å². The molecule has 288 valence electrons. The number of carbonyl (C=O) groups is 4. The van der Waals surface area contributed by atoms with Crippen molar-refractivity contribution < 1.29 is 38.2 Å². The minimum atomic E-state index is -1.12. The van der Waals surface area contributed by atoms with Crippen molar-refractivity contribution in [2.45, 2.75) is 26.2 Å². The molecule has 0 aliphatic rings. The number of imidazole rings is 2. The van der Waals surface area contributed by atoms with Gasteiger partial charge in [-0.1, -0.05) is 6.07 Å². The molecule has 2 heterocycles. The number of hydrogen-bond donors (Lipinski definition) is 8. The molecule has 0 saturated carbocycles. The van der Waals surface area contributed by atoms with Crippen molar-refractivity contribution in [3.63, 3.8) is 0 Å². The van der Waals surface area contributed by atoms with Gasteiger partial charge in [0.1, 0.15) is 35.9 Å². The zero-order valence-corrected chi connectivity index (χ0v) is 29.8. The van der Waals surface area contributed by atoms with Gasteiger partial charge in [-0.3, -0.25) is 23.5 Å². The number of halogens is 2. The van der Waals surface area contributed by atoms with Gasteiger partial charge in [-0.15, -0.1) is 0 Å². The number of aldehydes is 2. The molecular formula is C36H44F2N10O6. The number of nitrogens with two attached hydrogens (primary N) is 4. The minimum Gasteiger partial charge on any atom is -0.481 e. The lowest BCUT2D eigenvalue weighted by molar-refractivity contribution is -0.134. The predicted molar refractivity (Wildman–Crippen MR) is 202 cm³/mol. The van der Waals surface area contributed by atoms with E-state index in [-0.39, 0.29) is 28.5 Å². The van der Waals surface area contributed by atoms with Crippen molar-refractivity contribution >= 4 is 47.5 Å². The highest BCUT2D eigenvalue weighted by atomic mass is 19.1. The molecule has 2 aromatic heterocycles. The van der Waals surface area contributed by atoms with Gasteiger partial charge < -0.3 is 43.8 Å². The normalized spacial score (nSPS) is 11.4. The molecule has 0 aliphatic carbocycles. The Bertz CT molecular complexity index is 1870. The molecule has 0 amide bonds. The van der Waals surface area contributed by atoms with E-state index >= 15 is 0 Å². The first-order chi connectivity index (χ1) is 25.7. The number of aromatic carboxylic acids is 1. The first-order valence-electron chi connectivity index (χ1n) is 15.8. The molecule has 0 atom stereocenters. The van der Waals surface area contributed by atoms with Gasteiger partial charge in [0.05, 0.1) is 22.6 Å². The van der Waals surface area contributed by atoms with E-state index in [0.717, 1.165) is 6.92 Å². The lowest BCUT2D eigenvalue weighted by atomic mass is 10.0. The Labute approximate surface area is 310 Å². The fraction of sp³-hybridized carbons (Fsp3) is 0.167. The van der Waals surface area contributed by atoms with Crippen LogP contribution in [0.1, 0.15) is 34.8 Å². The summed E-state index contributed by atoms with van der Waals surface area (Å²) in [7, 11) is 3.25. The summed E-state index contributed by atoms with van der Waals surface area (Å²) in [5.41, 5.74) is 23.8. The lowest BCUT2D eigenvalue weighted by Gasteiger charge is -2.10. The third-order valence-corrected chi connectivity index (χ3v) is 6.69. The van der Waals surface area contributed by atoms with Crippen molar-refractivity contribution in [3.05, 3.63) is 132 Å². The van der Waals surface area contributed by atoms with Crippen LogP contribution in [0.4, 0.5) is 20.2 Å². The Morgan fingerprint density at radius 1 is 0.759 bits per heavy atom. The molecule has 4 rings (SSSR count). The summed E-state index contributed by atoms with van der Waals surface area (Å²) in [6, 6.07) is 7.42. The molecule has 0 fully saturated rings. The number of nitrogens with zero attached hydrogens (tertiary/aromatic N) is 4. The van der Waals surface area contributed by atoms with Crippen molar-refractivity contribution in [1.29, 1.82) is 0 Å². The number of anilines is 2. The fourth-order valence-electron chi connectivity index (χ4n) is 4.01. The summed E-state index contributed by atoms with van der Waals surface area (Å²) in [6.07, 6.45) is 18.0. The molecular weight excluding hydrogens is 706 g/mol. The second-order valence-electron chi connectivity index (χ2n) is 10.7. The van der Waals surface area contributed by atoms with Crippen molar-refractivity contribution in [2.75, 3.05) is 24.7 Å². The number of carboxylic acids is 2. The van der Waals surface area contributed by atoms with Crippen LogP contribution >= 0.6 is 0 Å². The SMILES string of the molecule is CC(=O)O.CNc1ccc(CCCc2cc(C(=O)O)c(NC)cc2F)c(F)c1.N/C(C=O)=C\C=C(/N)n1ccnc1.N/C(C=O)=C\C=C(/N)n1ccnc1. The number of benzene rings is 2. The summed E-state index contributed by atoms with van der Waals surface area (Å²) in [5.74, 6) is -1.83. The fourth-order valence-corrected chi connectivity index (χ4v) is 4.01. The Morgan fingerprint density at radius 2 is 1.24 bits per heavy atom. The van der Waals surface area contributed by atoms with E-state index in [1.54, 1.807) is 72.8 Å². The van der Waals surface area contributed by atoms with Crippen LogP contribution in [0.5, 0.6) is 0 Å². The van der Waals surface area contributed by atoms with Crippen molar-refractivity contribution in [3.8, 4) is 0 Å². The van der Waals surface area contributed by atoms with Gasteiger partial charge in [0.2, 0.25) is 0 Å². The second kappa shape index (κ2) is 24.0. The highest BCUT2D eigenvalue weighted by Crippen LogP contribution is 2.23. The van der Waals surface area contributed by atoms with Crippen molar-refractivity contribution in [2.24, 2.45) is 22.9 Å². The number of aryl methyl sites for hydroxylation is 2. The van der Waals surface area contributed by atoms with Crippen molar-refractivity contribution in [1.82, 2.24) is 19.1 Å². The Balaban J connectivity index is 0.000000412. The van der Waals surface area contributed by atoms with Crippen LogP contribution < -0.4 is 33.6 Å². The number of carboxylic acid groups (broad SMARTS) is 2. The molecule has 0 saturated heterocycles. The number of aliphatic carboxylic acids is 1. The number of hydrogen-bond acceptors (Lipinski definition) is 12. The maximum atomic E-state index is 14.1. The van der Waals surface area contributed by atoms with E-state index in [0.29, 0.717) is 60.3 Å². The van der Waals surface area contributed by atoms with Gasteiger partial charge in [0.25, 0.3) is 5.97 Å². The van der Waals surface area contributed by atoms with Crippen LogP contribution in [0.3, 0.4) is 0 Å². The Kier molecular flexibility index (Phi) is 19.9. The van der Waals surface area contributed by atoms with Gasteiger partial charge >= 0.3 is 5.97 Å². The van der Waals surface area contributed by atoms with Gasteiger partial charge in [0.15, 0.2) is 12.6 Å². The molecule has 54 heavy (non-hydrogen) atoms. The highest BCUT2D eigenvalue weighted by Gasteiger charge is 2.14.